The smallest absolute Gasteiger partial charge is 0.303 e. The molecule has 0 radical (unpaired) electrons. The number of ether oxygens (including phenoxy) is 1. The number of nitrogens with zero attached hydrogens (tertiary/aromatic N) is 2. The van der Waals surface area contributed by atoms with E-state index in [4.69, 9.17) is 9.94 Å². The van der Waals surface area contributed by atoms with Crippen molar-refractivity contribution in [3.05, 3.63) is 51.6 Å². The number of allylic oxidation sites excluding steroid dienone is 1. The first-order valence-electron chi connectivity index (χ1n) is 6.86. The van der Waals surface area contributed by atoms with E-state index in [0.717, 1.165) is 12.8 Å². The van der Waals surface area contributed by atoms with Gasteiger partial charge in [0.1, 0.15) is 0 Å². The summed E-state index contributed by atoms with van der Waals surface area (Å²) in [5.74, 6) is -0.563. The van der Waals surface area contributed by atoms with Gasteiger partial charge in [-0.1, -0.05) is 23.4 Å². The topological polar surface area (TPSA) is 102 Å². The second-order valence-corrected chi connectivity index (χ2v) is 4.90. The predicted octanol–water partition coefficient (Wildman–Crippen LogP) is 3.14. The van der Waals surface area contributed by atoms with E-state index in [9.17, 15) is 14.9 Å². The van der Waals surface area contributed by atoms with Crippen molar-refractivity contribution < 1.29 is 19.7 Å². The van der Waals surface area contributed by atoms with Crippen LogP contribution >= 0.6 is 0 Å². The Kier molecular flexibility index (Phi) is 4.88. The molecule has 22 heavy (non-hydrogen) atoms. The fourth-order valence-electron chi connectivity index (χ4n) is 2.49. The highest BCUT2D eigenvalue weighted by molar-refractivity contribution is 6.01. The molecule has 0 amide bonds. The zero-order valence-corrected chi connectivity index (χ0v) is 12.1. The van der Waals surface area contributed by atoms with E-state index >= 15 is 0 Å². The van der Waals surface area contributed by atoms with Crippen molar-refractivity contribution in [2.75, 3.05) is 0 Å². The first kappa shape index (κ1) is 15.7. The zero-order chi connectivity index (χ0) is 16.1. The zero-order valence-electron chi connectivity index (χ0n) is 12.1. The van der Waals surface area contributed by atoms with Crippen molar-refractivity contribution in [3.63, 3.8) is 0 Å². The Labute approximate surface area is 127 Å². The third-order valence-corrected chi connectivity index (χ3v) is 3.42. The molecule has 1 aromatic carbocycles. The summed E-state index contributed by atoms with van der Waals surface area (Å²) in [5.41, 5.74) is 1.00. The number of oxime groups is 1. The molecular weight excluding hydrogens is 288 g/mol. The molecule has 0 spiro atoms. The number of nitro groups is 1. The number of carbonyl (C=O) groups is 1. The fourth-order valence-corrected chi connectivity index (χ4v) is 2.49. The summed E-state index contributed by atoms with van der Waals surface area (Å²) in [5, 5.41) is 23.6. The summed E-state index contributed by atoms with van der Waals surface area (Å²) >= 11 is 0. The molecule has 0 saturated heterocycles. The Morgan fingerprint density at radius 2 is 2.18 bits per heavy atom. The normalized spacial score (nSPS) is 17.7. The van der Waals surface area contributed by atoms with E-state index in [-0.39, 0.29) is 11.3 Å². The van der Waals surface area contributed by atoms with Crippen LogP contribution < -0.4 is 0 Å². The molecule has 116 valence electrons. The average Bonchev–Trinajstić information content (AvgIpc) is 2.52. The molecule has 1 aromatic rings. The van der Waals surface area contributed by atoms with Gasteiger partial charge in [-0.25, -0.2) is 0 Å². The van der Waals surface area contributed by atoms with Gasteiger partial charge in [-0.2, -0.15) is 0 Å². The van der Waals surface area contributed by atoms with Crippen molar-refractivity contribution in [1.82, 2.24) is 0 Å². The molecule has 7 heteroatoms. The van der Waals surface area contributed by atoms with Gasteiger partial charge >= 0.3 is 5.97 Å². The highest BCUT2D eigenvalue weighted by Gasteiger charge is 2.31. The standard InChI is InChI=1S/C15H16N2O5/c1-10(18)22-15(11-6-2-4-8-13(11)16-19)12-7-3-5-9-14(12)17(20)21/h3,5-7,9,15,19H,2,4,8H2,1H3/b16-13+. The molecule has 1 aliphatic rings. The second-order valence-electron chi connectivity index (χ2n) is 4.90. The van der Waals surface area contributed by atoms with Gasteiger partial charge in [-0.3, -0.25) is 14.9 Å². The number of hydrogen-bond acceptors (Lipinski definition) is 6. The van der Waals surface area contributed by atoms with Crippen LogP contribution in [0.15, 0.2) is 41.1 Å². The molecular formula is C15H16N2O5. The summed E-state index contributed by atoms with van der Waals surface area (Å²) < 4.78 is 5.30. The van der Waals surface area contributed by atoms with Crippen molar-refractivity contribution in [2.45, 2.75) is 32.3 Å². The van der Waals surface area contributed by atoms with E-state index in [2.05, 4.69) is 5.16 Å². The molecule has 1 unspecified atom stereocenters. The number of carbonyl (C=O) groups excluding carboxylic acids is 1. The Bertz CT molecular complexity index is 651. The van der Waals surface area contributed by atoms with Gasteiger partial charge in [-0.05, 0) is 25.3 Å². The van der Waals surface area contributed by atoms with Crippen molar-refractivity contribution in [2.24, 2.45) is 5.16 Å². The molecule has 7 nitrogen and oxygen atoms in total. The quantitative estimate of drug-likeness (QED) is 0.398. The van der Waals surface area contributed by atoms with Gasteiger partial charge in [0.25, 0.3) is 5.69 Å². The van der Waals surface area contributed by atoms with E-state index in [1.165, 1.54) is 19.1 Å². The van der Waals surface area contributed by atoms with E-state index in [0.29, 0.717) is 17.7 Å². The summed E-state index contributed by atoms with van der Waals surface area (Å²) in [7, 11) is 0. The maximum Gasteiger partial charge on any atom is 0.303 e. The molecule has 0 fully saturated rings. The highest BCUT2D eigenvalue weighted by atomic mass is 16.6. The van der Waals surface area contributed by atoms with Gasteiger partial charge in [0.15, 0.2) is 6.10 Å². The monoisotopic (exact) mass is 304 g/mol. The Morgan fingerprint density at radius 1 is 1.45 bits per heavy atom. The Hall–Kier alpha value is -2.70. The summed E-state index contributed by atoms with van der Waals surface area (Å²) in [6.45, 7) is 1.24. The number of hydrogen-bond donors (Lipinski definition) is 1. The van der Waals surface area contributed by atoms with Gasteiger partial charge in [0.05, 0.1) is 16.2 Å². The molecule has 0 bridgehead atoms. The van der Waals surface area contributed by atoms with Crippen LogP contribution in [0.25, 0.3) is 0 Å². The van der Waals surface area contributed by atoms with Crippen LogP contribution in [0, 0.1) is 10.1 Å². The highest BCUT2D eigenvalue weighted by Crippen LogP contribution is 2.36. The first-order valence-corrected chi connectivity index (χ1v) is 6.86. The number of rotatable bonds is 4. The third-order valence-electron chi connectivity index (χ3n) is 3.42. The molecule has 0 heterocycles. The maximum atomic E-state index is 11.4. The molecule has 2 rings (SSSR count). The summed E-state index contributed by atoms with van der Waals surface area (Å²) in [6.07, 6.45) is 2.91. The average molecular weight is 304 g/mol. The number of benzene rings is 1. The third kappa shape index (κ3) is 3.30. The van der Waals surface area contributed by atoms with Crippen LogP contribution in [-0.4, -0.2) is 21.8 Å². The fraction of sp³-hybridized carbons (Fsp3) is 0.333. The SMILES string of the molecule is CC(=O)OC(C1=CCCC/C1=N\O)c1ccccc1[N+](=O)[O-]. The van der Waals surface area contributed by atoms with Crippen molar-refractivity contribution in [1.29, 1.82) is 0 Å². The van der Waals surface area contributed by atoms with E-state index < -0.39 is 17.0 Å². The van der Waals surface area contributed by atoms with Gasteiger partial charge in [-0.15, -0.1) is 0 Å². The van der Waals surface area contributed by atoms with E-state index in [1.54, 1.807) is 18.2 Å². The van der Waals surface area contributed by atoms with Crippen LogP contribution in [0.3, 0.4) is 0 Å². The lowest BCUT2D eigenvalue weighted by Crippen LogP contribution is -2.20. The van der Waals surface area contributed by atoms with Crippen molar-refractivity contribution in [3.8, 4) is 0 Å². The molecule has 1 aliphatic carbocycles. The maximum absolute atomic E-state index is 11.4. The predicted molar refractivity (Wildman–Crippen MR) is 78.8 cm³/mol. The van der Waals surface area contributed by atoms with Gasteiger partial charge < -0.3 is 9.94 Å². The summed E-state index contributed by atoms with van der Waals surface area (Å²) in [4.78, 5) is 22.1. The van der Waals surface area contributed by atoms with Crippen molar-refractivity contribution >= 4 is 17.4 Å². The van der Waals surface area contributed by atoms with Crippen LogP contribution in [-0.2, 0) is 9.53 Å². The van der Waals surface area contributed by atoms with Crippen LogP contribution in [0.1, 0.15) is 37.9 Å². The number of nitro benzene ring substituents is 1. The minimum atomic E-state index is -0.953. The molecule has 1 atom stereocenters. The van der Waals surface area contributed by atoms with Crippen LogP contribution in [0.2, 0.25) is 0 Å². The van der Waals surface area contributed by atoms with Crippen LogP contribution in [0.5, 0.6) is 0 Å². The minimum absolute atomic E-state index is 0.141. The molecule has 0 saturated carbocycles. The Balaban J connectivity index is 2.54. The lowest BCUT2D eigenvalue weighted by molar-refractivity contribution is -0.386. The van der Waals surface area contributed by atoms with Gasteiger partial charge in [0, 0.05) is 18.6 Å². The van der Waals surface area contributed by atoms with Crippen LogP contribution in [0.4, 0.5) is 5.69 Å². The molecule has 0 aliphatic heterocycles. The lowest BCUT2D eigenvalue weighted by Gasteiger charge is -2.23. The number of para-hydroxylation sites is 1. The first-order chi connectivity index (χ1) is 10.5. The molecule has 0 aromatic heterocycles. The second kappa shape index (κ2) is 6.84. The Morgan fingerprint density at radius 3 is 2.82 bits per heavy atom. The lowest BCUT2D eigenvalue weighted by atomic mass is 9.89. The largest absolute Gasteiger partial charge is 0.452 e. The minimum Gasteiger partial charge on any atom is -0.452 e. The molecule has 1 N–H and O–H groups in total. The summed E-state index contributed by atoms with van der Waals surface area (Å²) in [6, 6.07) is 6.07. The number of esters is 1. The van der Waals surface area contributed by atoms with E-state index in [1.807, 2.05) is 0 Å². The van der Waals surface area contributed by atoms with Gasteiger partial charge in [0.2, 0.25) is 0 Å².